The Morgan fingerprint density at radius 1 is 1.46 bits per heavy atom. The molecule has 0 N–H and O–H groups in total. The van der Waals surface area contributed by atoms with Crippen LogP contribution in [0.25, 0.3) is 0 Å². The van der Waals surface area contributed by atoms with E-state index in [1.807, 2.05) is 31.2 Å². The fraction of sp³-hybridized carbons (Fsp3) is 0.300. The van der Waals surface area contributed by atoms with Gasteiger partial charge < -0.3 is 4.74 Å². The highest BCUT2D eigenvalue weighted by atomic mass is 79.9. The molecule has 0 fully saturated rings. The summed E-state index contributed by atoms with van der Waals surface area (Å²) in [6.07, 6.45) is 1.18. The maximum absolute atomic E-state index is 10.5. The van der Waals surface area contributed by atoms with Crippen LogP contribution >= 0.6 is 15.9 Å². The van der Waals surface area contributed by atoms with Gasteiger partial charge in [-0.3, -0.25) is 4.79 Å². The van der Waals surface area contributed by atoms with E-state index in [1.165, 1.54) is 0 Å². The zero-order valence-corrected chi connectivity index (χ0v) is 8.95. The summed E-state index contributed by atoms with van der Waals surface area (Å²) in [6.45, 7) is 1.91. The molecule has 70 valence electrons. The van der Waals surface area contributed by atoms with E-state index in [0.717, 1.165) is 16.5 Å². The molecule has 0 saturated carbocycles. The highest BCUT2D eigenvalue weighted by Crippen LogP contribution is 2.17. The summed E-state index contributed by atoms with van der Waals surface area (Å²) in [6, 6.07) is 7.42. The van der Waals surface area contributed by atoms with Crippen molar-refractivity contribution in [3.05, 3.63) is 28.7 Å². The van der Waals surface area contributed by atoms with Gasteiger partial charge in [0.25, 0.3) is 0 Å². The lowest BCUT2D eigenvalue weighted by atomic mass is 10.3. The van der Waals surface area contributed by atoms with Crippen LogP contribution in [0.3, 0.4) is 0 Å². The first kappa shape index (κ1) is 10.3. The number of aldehydes is 1. The molecule has 0 spiro atoms. The predicted octanol–water partition coefficient (Wildman–Crippen LogP) is 2.81. The fourth-order valence-electron chi connectivity index (χ4n) is 0.895. The van der Waals surface area contributed by atoms with Crippen LogP contribution in [0.1, 0.15) is 13.3 Å². The predicted molar refractivity (Wildman–Crippen MR) is 54.9 cm³/mol. The van der Waals surface area contributed by atoms with Crippen LogP contribution in [0.15, 0.2) is 28.7 Å². The van der Waals surface area contributed by atoms with E-state index in [0.29, 0.717) is 6.42 Å². The molecule has 13 heavy (non-hydrogen) atoms. The lowest BCUT2D eigenvalue weighted by molar-refractivity contribution is -0.113. The second-order valence-corrected chi connectivity index (χ2v) is 3.57. The third kappa shape index (κ3) is 3.19. The van der Waals surface area contributed by atoms with E-state index in [-0.39, 0.29) is 6.10 Å². The van der Waals surface area contributed by atoms with Crippen LogP contribution in [0.2, 0.25) is 0 Å². The average molecular weight is 243 g/mol. The van der Waals surface area contributed by atoms with Gasteiger partial charge in [0.05, 0.1) is 0 Å². The molecule has 1 aromatic carbocycles. The molecule has 0 heterocycles. The van der Waals surface area contributed by atoms with Crippen LogP contribution in [-0.4, -0.2) is 12.4 Å². The SMILES string of the molecule is CC[C@@H](C=O)Oc1ccc(Br)cc1. The van der Waals surface area contributed by atoms with Crippen molar-refractivity contribution in [3.63, 3.8) is 0 Å². The molecule has 0 aliphatic rings. The number of hydrogen-bond donors (Lipinski definition) is 0. The molecule has 0 saturated heterocycles. The highest BCUT2D eigenvalue weighted by molar-refractivity contribution is 9.10. The van der Waals surface area contributed by atoms with Crippen molar-refractivity contribution >= 4 is 22.2 Å². The Labute approximate surface area is 86.0 Å². The van der Waals surface area contributed by atoms with Gasteiger partial charge in [-0.1, -0.05) is 22.9 Å². The first-order chi connectivity index (χ1) is 6.26. The summed E-state index contributed by atoms with van der Waals surface area (Å²) in [5.74, 6) is 0.724. The van der Waals surface area contributed by atoms with Gasteiger partial charge in [0.1, 0.15) is 5.75 Å². The number of carbonyl (C=O) groups excluding carboxylic acids is 1. The lowest BCUT2D eigenvalue weighted by Crippen LogP contribution is -2.16. The van der Waals surface area contributed by atoms with Crippen molar-refractivity contribution < 1.29 is 9.53 Å². The van der Waals surface area contributed by atoms with Crippen LogP contribution in [0.5, 0.6) is 5.75 Å². The standard InChI is InChI=1S/C10H11BrO2/c1-2-9(7-12)13-10-5-3-8(11)4-6-10/h3-7,9H,2H2,1H3/t9-/m0/s1. The van der Waals surface area contributed by atoms with Crippen molar-refractivity contribution in [1.29, 1.82) is 0 Å². The Hall–Kier alpha value is -0.830. The second kappa shape index (κ2) is 5.02. The first-order valence-electron chi connectivity index (χ1n) is 4.13. The molecule has 0 unspecified atom stereocenters. The summed E-state index contributed by atoms with van der Waals surface area (Å²) in [5, 5.41) is 0. The van der Waals surface area contributed by atoms with Crippen LogP contribution in [-0.2, 0) is 4.79 Å². The van der Waals surface area contributed by atoms with E-state index >= 15 is 0 Å². The first-order valence-corrected chi connectivity index (χ1v) is 4.93. The van der Waals surface area contributed by atoms with E-state index in [4.69, 9.17) is 4.74 Å². The topological polar surface area (TPSA) is 26.3 Å². The number of hydrogen-bond acceptors (Lipinski definition) is 2. The third-order valence-corrected chi connectivity index (χ3v) is 2.18. The van der Waals surface area contributed by atoms with Crippen LogP contribution < -0.4 is 4.74 Å². The zero-order chi connectivity index (χ0) is 9.68. The van der Waals surface area contributed by atoms with Crippen molar-refractivity contribution in [2.24, 2.45) is 0 Å². The number of rotatable bonds is 4. The van der Waals surface area contributed by atoms with E-state index < -0.39 is 0 Å². The Balaban J connectivity index is 2.63. The van der Waals surface area contributed by atoms with Gasteiger partial charge >= 0.3 is 0 Å². The molecule has 1 atom stereocenters. The summed E-state index contributed by atoms with van der Waals surface area (Å²) < 4.78 is 6.38. The van der Waals surface area contributed by atoms with Crippen molar-refractivity contribution in [2.75, 3.05) is 0 Å². The summed E-state index contributed by atoms with van der Waals surface area (Å²) in [5.41, 5.74) is 0. The Morgan fingerprint density at radius 3 is 2.54 bits per heavy atom. The molecular formula is C10H11BrO2. The van der Waals surface area contributed by atoms with Crippen molar-refractivity contribution in [1.82, 2.24) is 0 Å². The lowest BCUT2D eigenvalue weighted by Gasteiger charge is -2.10. The van der Waals surface area contributed by atoms with Gasteiger partial charge in [0.15, 0.2) is 12.4 Å². The third-order valence-electron chi connectivity index (χ3n) is 1.66. The summed E-state index contributed by atoms with van der Waals surface area (Å²) in [4.78, 5) is 10.5. The van der Waals surface area contributed by atoms with E-state index in [9.17, 15) is 4.79 Å². The summed E-state index contributed by atoms with van der Waals surface area (Å²) in [7, 11) is 0. The molecule has 2 nitrogen and oxygen atoms in total. The van der Waals surface area contributed by atoms with Gasteiger partial charge in [-0.2, -0.15) is 0 Å². The number of benzene rings is 1. The fourth-order valence-corrected chi connectivity index (χ4v) is 1.16. The average Bonchev–Trinajstić information content (AvgIpc) is 2.17. The quantitative estimate of drug-likeness (QED) is 0.760. The molecule has 1 aromatic rings. The van der Waals surface area contributed by atoms with Crippen molar-refractivity contribution in [3.8, 4) is 5.75 Å². The highest BCUT2D eigenvalue weighted by Gasteiger charge is 2.04. The van der Waals surface area contributed by atoms with E-state index in [2.05, 4.69) is 15.9 Å². The molecule has 0 bridgehead atoms. The molecule has 0 aromatic heterocycles. The molecule has 0 aliphatic carbocycles. The van der Waals surface area contributed by atoms with Crippen molar-refractivity contribution in [2.45, 2.75) is 19.4 Å². The smallest absolute Gasteiger partial charge is 0.160 e. The number of ether oxygens (including phenoxy) is 1. The molecule has 0 amide bonds. The van der Waals surface area contributed by atoms with E-state index in [1.54, 1.807) is 0 Å². The maximum atomic E-state index is 10.5. The Kier molecular flexibility index (Phi) is 3.96. The maximum Gasteiger partial charge on any atom is 0.160 e. The van der Waals surface area contributed by atoms with Crippen LogP contribution in [0.4, 0.5) is 0 Å². The van der Waals surface area contributed by atoms with Gasteiger partial charge in [0, 0.05) is 4.47 Å². The minimum Gasteiger partial charge on any atom is -0.483 e. The summed E-state index contributed by atoms with van der Waals surface area (Å²) >= 11 is 3.32. The monoisotopic (exact) mass is 242 g/mol. The molecule has 0 aliphatic heterocycles. The van der Waals surface area contributed by atoms with Gasteiger partial charge in [-0.15, -0.1) is 0 Å². The van der Waals surface area contributed by atoms with Gasteiger partial charge in [0.2, 0.25) is 0 Å². The van der Waals surface area contributed by atoms with Gasteiger partial charge in [-0.25, -0.2) is 0 Å². The van der Waals surface area contributed by atoms with Crippen LogP contribution in [0, 0.1) is 0 Å². The Morgan fingerprint density at radius 2 is 2.08 bits per heavy atom. The Bertz CT molecular complexity index is 269. The minimum absolute atomic E-state index is 0.332. The largest absolute Gasteiger partial charge is 0.483 e. The van der Waals surface area contributed by atoms with Gasteiger partial charge in [-0.05, 0) is 30.7 Å². The molecular weight excluding hydrogens is 232 g/mol. The normalized spacial score (nSPS) is 12.2. The number of halogens is 1. The molecule has 0 radical (unpaired) electrons. The molecule has 3 heteroatoms. The molecule has 1 rings (SSSR count). The number of carbonyl (C=O) groups is 1. The minimum atomic E-state index is -0.332. The second-order valence-electron chi connectivity index (χ2n) is 2.65. The zero-order valence-electron chi connectivity index (χ0n) is 7.37.